The second-order valence-electron chi connectivity index (χ2n) is 6.09. The van der Waals surface area contributed by atoms with Gasteiger partial charge in [0.2, 0.25) is 0 Å². The molecular formula is C17H14F6N2O2S. The van der Waals surface area contributed by atoms with Gasteiger partial charge in [-0.15, -0.1) is 11.8 Å². The van der Waals surface area contributed by atoms with E-state index in [1.807, 2.05) is 0 Å². The minimum atomic E-state index is -4.99. The molecule has 152 valence electrons. The number of halogens is 6. The van der Waals surface area contributed by atoms with Gasteiger partial charge < -0.3 is 14.6 Å². The molecule has 0 bridgehead atoms. The summed E-state index contributed by atoms with van der Waals surface area (Å²) in [5, 5.41) is 1.63. The Bertz CT molecular complexity index is 845. The highest BCUT2D eigenvalue weighted by Gasteiger charge is 2.38. The Balaban J connectivity index is 1.87. The first kappa shape index (κ1) is 20.4. The number of nitrogens with one attached hydrogen (secondary N) is 1. The topological polar surface area (TPSA) is 45.5 Å². The summed E-state index contributed by atoms with van der Waals surface area (Å²) in [5.41, 5.74) is -3.57. The van der Waals surface area contributed by atoms with Crippen LogP contribution in [-0.4, -0.2) is 23.2 Å². The fraction of sp³-hybridized carbons (Fsp3) is 0.353. The highest BCUT2D eigenvalue weighted by atomic mass is 32.2. The van der Waals surface area contributed by atoms with Crippen molar-refractivity contribution in [2.45, 2.75) is 24.7 Å². The fourth-order valence-electron chi connectivity index (χ4n) is 2.72. The molecule has 28 heavy (non-hydrogen) atoms. The van der Waals surface area contributed by atoms with Crippen LogP contribution in [0.1, 0.15) is 28.0 Å². The van der Waals surface area contributed by atoms with E-state index in [1.165, 1.54) is 16.7 Å². The number of alkyl halides is 6. The molecule has 2 aromatic rings. The Morgan fingerprint density at radius 3 is 2.21 bits per heavy atom. The van der Waals surface area contributed by atoms with Gasteiger partial charge in [-0.2, -0.15) is 26.3 Å². The number of urea groups is 1. The summed E-state index contributed by atoms with van der Waals surface area (Å²) in [6.45, 7) is 1.99. The molecule has 0 radical (unpaired) electrons. The van der Waals surface area contributed by atoms with Gasteiger partial charge in [0.05, 0.1) is 11.1 Å². The van der Waals surface area contributed by atoms with E-state index in [0.717, 1.165) is 0 Å². The maximum Gasteiger partial charge on any atom is 0.416 e. The molecule has 0 saturated carbocycles. The lowest BCUT2D eigenvalue weighted by atomic mass is 10.1. The van der Waals surface area contributed by atoms with Gasteiger partial charge in [-0.25, -0.2) is 4.79 Å². The van der Waals surface area contributed by atoms with Crippen molar-refractivity contribution in [2.75, 3.05) is 17.6 Å². The molecule has 1 aromatic carbocycles. The summed E-state index contributed by atoms with van der Waals surface area (Å²) in [5.74, 6) is 1.65. The average molecular weight is 424 g/mol. The van der Waals surface area contributed by atoms with Crippen LogP contribution in [-0.2, 0) is 12.4 Å². The number of rotatable bonds is 2. The van der Waals surface area contributed by atoms with Crippen molar-refractivity contribution in [3.63, 3.8) is 0 Å². The third-order valence-corrected chi connectivity index (χ3v) is 5.22. The Morgan fingerprint density at radius 2 is 1.71 bits per heavy atom. The molecule has 1 aliphatic rings. The number of amides is 2. The van der Waals surface area contributed by atoms with Crippen LogP contribution in [0.2, 0.25) is 0 Å². The molecule has 2 heterocycles. The minimum absolute atomic E-state index is 0.00971. The van der Waals surface area contributed by atoms with Gasteiger partial charge >= 0.3 is 18.4 Å². The van der Waals surface area contributed by atoms with Crippen LogP contribution < -0.4 is 5.32 Å². The number of hydrogen-bond acceptors (Lipinski definition) is 3. The second kappa shape index (κ2) is 7.26. The van der Waals surface area contributed by atoms with Crippen molar-refractivity contribution < 1.29 is 35.6 Å². The van der Waals surface area contributed by atoms with Crippen LogP contribution in [0.3, 0.4) is 0 Å². The molecular weight excluding hydrogens is 410 g/mol. The van der Waals surface area contributed by atoms with E-state index in [2.05, 4.69) is 5.32 Å². The molecule has 3 rings (SSSR count). The lowest BCUT2D eigenvalue weighted by Gasteiger charge is -2.23. The van der Waals surface area contributed by atoms with E-state index < -0.39 is 40.6 Å². The summed E-state index contributed by atoms with van der Waals surface area (Å²) in [4.78, 5) is 13.8. The van der Waals surface area contributed by atoms with Crippen LogP contribution in [0.5, 0.6) is 0 Å². The lowest BCUT2D eigenvalue weighted by molar-refractivity contribution is -0.143. The normalized spacial score (nSPS) is 17.8. The second-order valence-corrected chi connectivity index (χ2v) is 7.28. The van der Waals surface area contributed by atoms with Crippen molar-refractivity contribution in [1.82, 2.24) is 4.90 Å². The minimum Gasteiger partial charge on any atom is -0.463 e. The molecule has 2 amide bonds. The van der Waals surface area contributed by atoms with Crippen molar-refractivity contribution in [3.8, 4) is 0 Å². The van der Waals surface area contributed by atoms with Crippen molar-refractivity contribution in [1.29, 1.82) is 0 Å². The molecule has 4 nitrogen and oxygen atoms in total. The first-order chi connectivity index (χ1) is 12.9. The zero-order valence-electron chi connectivity index (χ0n) is 14.3. The predicted molar refractivity (Wildman–Crippen MR) is 90.8 cm³/mol. The van der Waals surface area contributed by atoms with Crippen LogP contribution in [0, 0.1) is 6.92 Å². The van der Waals surface area contributed by atoms with Gasteiger partial charge in [0, 0.05) is 18.0 Å². The van der Waals surface area contributed by atoms with Gasteiger partial charge in [0.15, 0.2) is 0 Å². The van der Waals surface area contributed by atoms with Gasteiger partial charge in [-0.05, 0) is 37.3 Å². The van der Waals surface area contributed by atoms with Crippen molar-refractivity contribution >= 4 is 23.5 Å². The lowest BCUT2D eigenvalue weighted by Crippen LogP contribution is -2.34. The number of aryl methyl sites for hydroxylation is 1. The number of benzene rings is 1. The Hall–Kier alpha value is -2.30. The molecule has 1 saturated heterocycles. The summed E-state index contributed by atoms with van der Waals surface area (Å²) < 4.78 is 83.2. The van der Waals surface area contributed by atoms with E-state index in [9.17, 15) is 31.1 Å². The van der Waals surface area contributed by atoms with Gasteiger partial charge in [0.25, 0.3) is 0 Å². The van der Waals surface area contributed by atoms with E-state index in [4.69, 9.17) is 4.42 Å². The molecule has 11 heteroatoms. The zero-order chi connectivity index (χ0) is 20.7. The molecule has 1 aliphatic heterocycles. The van der Waals surface area contributed by atoms with E-state index in [-0.39, 0.29) is 12.6 Å². The van der Waals surface area contributed by atoms with Crippen LogP contribution in [0.15, 0.2) is 34.7 Å². The third-order valence-electron chi connectivity index (χ3n) is 4.00. The van der Waals surface area contributed by atoms with Gasteiger partial charge in [-0.3, -0.25) is 0 Å². The van der Waals surface area contributed by atoms with Crippen LogP contribution in [0.4, 0.5) is 36.8 Å². The first-order valence-electron chi connectivity index (χ1n) is 8.00. The predicted octanol–water partition coefficient (Wildman–Crippen LogP) is 5.91. The van der Waals surface area contributed by atoms with Gasteiger partial charge in [-0.1, -0.05) is 0 Å². The molecule has 1 aromatic heterocycles. The van der Waals surface area contributed by atoms with E-state index in [0.29, 0.717) is 29.4 Å². The smallest absolute Gasteiger partial charge is 0.416 e. The Morgan fingerprint density at radius 1 is 1.11 bits per heavy atom. The number of carbonyl (C=O) groups excluding carboxylic acids is 1. The van der Waals surface area contributed by atoms with Crippen molar-refractivity contribution in [3.05, 3.63) is 53.0 Å². The average Bonchev–Trinajstić information content (AvgIpc) is 3.21. The zero-order valence-corrected chi connectivity index (χ0v) is 15.1. The quantitative estimate of drug-likeness (QED) is 0.610. The molecule has 0 spiro atoms. The maximum atomic E-state index is 13.0. The molecule has 1 N–H and O–H groups in total. The SMILES string of the molecule is Cc1ccc(C2SCCN2C(=O)Nc2cc(C(F)(F)F)cc(C(F)(F)F)c2)o1. The number of furan rings is 1. The Labute approximate surface area is 159 Å². The Kier molecular flexibility index (Phi) is 5.30. The molecule has 1 fully saturated rings. The van der Waals surface area contributed by atoms with Crippen LogP contribution >= 0.6 is 11.8 Å². The number of thioether (sulfide) groups is 1. The van der Waals surface area contributed by atoms with Gasteiger partial charge in [0.1, 0.15) is 16.9 Å². The monoisotopic (exact) mass is 424 g/mol. The highest BCUT2D eigenvalue weighted by molar-refractivity contribution is 7.99. The number of carbonyl (C=O) groups is 1. The first-order valence-corrected chi connectivity index (χ1v) is 9.05. The standard InChI is InChI=1S/C17H14F6N2O2S/c1-9-2-3-13(27-9)14-25(4-5-28-14)15(26)24-12-7-10(16(18,19)20)6-11(8-12)17(21,22)23/h2-3,6-8,14H,4-5H2,1H3,(H,24,26). The van der Waals surface area contributed by atoms with E-state index >= 15 is 0 Å². The third kappa shape index (κ3) is 4.40. The maximum absolute atomic E-state index is 13.0. The molecule has 1 atom stereocenters. The number of hydrogen-bond donors (Lipinski definition) is 1. The number of anilines is 1. The summed E-state index contributed by atoms with van der Waals surface area (Å²) in [6, 6.07) is 3.52. The molecule has 1 unspecified atom stereocenters. The van der Waals surface area contributed by atoms with E-state index in [1.54, 1.807) is 19.1 Å². The summed E-state index contributed by atoms with van der Waals surface area (Å²) in [6.07, 6.45) is -9.98. The van der Waals surface area contributed by atoms with Crippen LogP contribution in [0.25, 0.3) is 0 Å². The largest absolute Gasteiger partial charge is 0.463 e. The molecule has 0 aliphatic carbocycles. The fourth-order valence-corrected chi connectivity index (χ4v) is 3.92. The number of nitrogens with zero attached hydrogens (tertiary/aromatic N) is 1. The van der Waals surface area contributed by atoms with Crippen molar-refractivity contribution in [2.24, 2.45) is 0 Å². The summed E-state index contributed by atoms with van der Waals surface area (Å²) in [7, 11) is 0. The summed E-state index contributed by atoms with van der Waals surface area (Å²) >= 11 is 1.38. The highest BCUT2D eigenvalue weighted by Crippen LogP contribution is 2.40.